The number of pyridine rings is 1. The Morgan fingerprint density at radius 1 is 0.600 bits per heavy atom. The molecule has 0 aliphatic carbocycles. The van der Waals surface area contributed by atoms with Crippen molar-refractivity contribution in [2.24, 2.45) is 7.05 Å². The van der Waals surface area contributed by atoms with Crippen molar-refractivity contribution in [3.8, 4) is 11.3 Å². The molecule has 0 radical (unpaired) electrons. The van der Waals surface area contributed by atoms with E-state index >= 15 is 0 Å². The van der Waals surface area contributed by atoms with E-state index in [2.05, 4.69) is 166 Å². The molecular weight excluding hydrogens is 499 g/mol. The van der Waals surface area contributed by atoms with Crippen LogP contribution in [0.1, 0.15) is 23.6 Å². The fraction of sp³-hybridized carbons (Fsp3) is 0.132. The molecule has 40 heavy (non-hydrogen) atoms. The van der Waals surface area contributed by atoms with Crippen molar-refractivity contribution >= 4 is 39.6 Å². The molecule has 0 N–H and O–H groups in total. The molecule has 0 aliphatic rings. The predicted octanol–water partition coefficient (Wildman–Crippen LogP) is 5.89. The van der Waals surface area contributed by atoms with Gasteiger partial charge in [-0.3, -0.25) is 0 Å². The molecule has 6 rings (SSSR count). The van der Waals surface area contributed by atoms with Crippen LogP contribution in [0.25, 0.3) is 22.0 Å². The Morgan fingerprint density at radius 3 is 1.68 bits per heavy atom. The maximum Gasteiger partial charge on any atom is 0.220 e. The van der Waals surface area contributed by atoms with Crippen molar-refractivity contribution in [1.82, 2.24) is 0 Å². The minimum absolute atomic E-state index is 1.03. The van der Waals surface area contributed by atoms with Gasteiger partial charge in [0.15, 0.2) is 14.3 Å². The van der Waals surface area contributed by atoms with Crippen LogP contribution in [0.15, 0.2) is 134 Å². The Labute approximate surface area is 239 Å². The predicted molar refractivity (Wildman–Crippen MR) is 173 cm³/mol. The highest BCUT2D eigenvalue weighted by Gasteiger charge is 2.41. The number of rotatable bonds is 6. The first-order chi connectivity index (χ1) is 19.5. The second kappa shape index (κ2) is 10.7. The summed E-state index contributed by atoms with van der Waals surface area (Å²) in [5, 5.41) is 8.17. The summed E-state index contributed by atoms with van der Waals surface area (Å²) >= 11 is 0. The molecule has 6 aromatic rings. The molecule has 0 aliphatic heterocycles. The van der Waals surface area contributed by atoms with Gasteiger partial charge in [0, 0.05) is 6.07 Å². The highest BCUT2D eigenvalue weighted by molar-refractivity contribution is 7.20. The number of benzene rings is 5. The average molecular weight is 535 g/mol. The van der Waals surface area contributed by atoms with Crippen LogP contribution < -0.4 is 25.3 Å². The van der Waals surface area contributed by atoms with E-state index < -0.39 is 8.07 Å². The third-order valence-electron chi connectivity index (χ3n) is 8.58. The lowest BCUT2D eigenvalue weighted by Gasteiger charge is -2.34. The zero-order chi connectivity index (χ0) is 27.7. The van der Waals surface area contributed by atoms with E-state index in [0.717, 1.165) is 6.42 Å². The maximum absolute atomic E-state index is 2.57. The second-order valence-corrected chi connectivity index (χ2v) is 14.7. The van der Waals surface area contributed by atoms with E-state index in [9.17, 15) is 0 Å². The maximum atomic E-state index is 2.48. The third-order valence-corrected chi connectivity index (χ3v) is 13.4. The summed E-state index contributed by atoms with van der Waals surface area (Å²) in [6.45, 7) is 6.74. The summed E-state index contributed by atoms with van der Waals surface area (Å²) in [7, 11) is -0.395. The van der Waals surface area contributed by atoms with Crippen LogP contribution in [0, 0.1) is 13.8 Å². The van der Waals surface area contributed by atoms with Crippen molar-refractivity contribution < 1.29 is 4.57 Å². The van der Waals surface area contributed by atoms with Crippen LogP contribution >= 0.6 is 0 Å². The monoisotopic (exact) mass is 534 g/mol. The molecule has 0 saturated carbocycles. The van der Waals surface area contributed by atoms with Gasteiger partial charge >= 0.3 is 0 Å². The molecule has 0 fully saturated rings. The summed E-state index contributed by atoms with van der Waals surface area (Å²) in [5.74, 6) is 0. The quantitative estimate of drug-likeness (QED) is 0.143. The van der Waals surface area contributed by atoms with Gasteiger partial charge in [-0.25, -0.2) is 4.57 Å². The Kier molecular flexibility index (Phi) is 6.96. The van der Waals surface area contributed by atoms with Crippen molar-refractivity contribution in [3.05, 3.63) is 150 Å². The molecule has 1 nitrogen and oxygen atoms in total. The van der Waals surface area contributed by atoms with Crippen LogP contribution in [-0.2, 0) is 13.5 Å². The van der Waals surface area contributed by atoms with Crippen molar-refractivity contribution in [2.45, 2.75) is 27.2 Å². The first-order valence-electron chi connectivity index (χ1n) is 14.2. The number of aryl methyl sites for hydroxylation is 3. The summed E-state index contributed by atoms with van der Waals surface area (Å²) in [6.07, 6.45) is 3.26. The normalized spacial score (nSPS) is 11.6. The molecule has 1 aromatic heterocycles. The van der Waals surface area contributed by atoms with E-state index in [1.165, 1.54) is 59.5 Å². The topological polar surface area (TPSA) is 3.88 Å². The van der Waals surface area contributed by atoms with E-state index in [1.54, 1.807) is 0 Å². The zero-order valence-electron chi connectivity index (χ0n) is 23.9. The second-order valence-electron chi connectivity index (χ2n) is 10.9. The van der Waals surface area contributed by atoms with Crippen LogP contribution in [-0.4, -0.2) is 8.07 Å². The van der Waals surface area contributed by atoms with E-state index in [1.807, 2.05) is 0 Å². The van der Waals surface area contributed by atoms with Crippen molar-refractivity contribution in [3.63, 3.8) is 0 Å². The largest absolute Gasteiger partial charge is 0.220 e. The number of nitrogens with zero attached hydrogens (tertiary/aromatic N) is 1. The molecule has 0 atom stereocenters. The fourth-order valence-electron chi connectivity index (χ4n) is 6.39. The summed E-state index contributed by atoms with van der Waals surface area (Å²) in [5.41, 5.74) is 6.70. The molecule has 0 amide bonds. The Bertz CT molecular complexity index is 1690. The van der Waals surface area contributed by atoms with Gasteiger partial charge in [0.2, 0.25) is 5.69 Å². The lowest BCUT2D eigenvalue weighted by atomic mass is 9.93. The fourth-order valence-corrected chi connectivity index (χ4v) is 11.2. The number of hydrogen-bond acceptors (Lipinski definition) is 0. The Balaban J connectivity index is 1.68. The molecule has 0 spiro atoms. The summed E-state index contributed by atoms with van der Waals surface area (Å²) in [4.78, 5) is 0. The van der Waals surface area contributed by atoms with Gasteiger partial charge in [-0.05, 0) is 75.2 Å². The third kappa shape index (κ3) is 4.29. The zero-order valence-corrected chi connectivity index (χ0v) is 24.9. The minimum Gasteiger partial charge on any atom is -0.200 e. The van der Waals surface area contributed by atoms with E-state index in [0.29, 0.717) is 0 Å². The number of fused-ring (bicyclic) bond motifs is 1. The average Bonchev–Trinajstić information content (AvgIpc) is 3.01. The highest BCUT2D eigenvalue weighted by atomic mass is 28.3. The smallest absolute Gasteiger partial charge is 0.200 e. The van der Waals surface area contributed by atoms with Crippen LogP contribution in [0.4, 0.5) is 0 Å². The molecule has 196 valence electrons. The number of hydrogen-bond donors (Lipinski definition) is 0. The van der Waals surface area contributed by atoms with Crippen molar-refractivity contribution in [2.75, 3.05) is 0 Å². The molecular formula is C38H36NSi+. The molecule has 1 heterocycles. The standard InChI is InChI=1S/C38H36NSi/c1-5-30-25-28(2)29(3)37(26-30)38-36-22-21-35(27-31(36)23-24-39(38)4)40(32-15-9-6-10-16-32,33-17-11-7-12-18-33)34-19-13-8-14-20-34/h6-27H,5H2,1-4H3/q+1. The van der Waals surface area contributed by atoms with Crippen LogP contribution in [0.5, 0.6) is 0 Å². The first-order valence-corrected chi connectivity index (χ1v) is 16.2. The lowest BCUT2D eigenvalue weighted by Crippen LogP contribution is -2.74. The molecule has 2 heteroatoms. The van der Waals surface area contributed by atoms with Gasteiger partial charge in [0.05, 0.1) is 10.9 Å². The first kappa shape index (κ1) is 26.0. The van der Waals surface area contributed by atoms with Crippen LogP contribution in [0.3, 0.4) is 0 Å². The molecule has 0 unspecified atom stereocenters. The van der Waals surface area contributed by atoms with Gasteiger partial charge < -0.3 is 0 Å². The summed E-state index contributed by atoms with van der Waals surface area (Å²) < 4.78 is 2.29. The molecule has 0 saturated heterocycles. The van der Waals surface area contributed by atoms with Gasteiger partial charge in [0.25, 0.3) is 0 Å². The van der Waals surface area contributed by atoms with Gasteiger partial charge in [-0.1, -0.05) is 116 Å². The minimum atomic E-state index is -2.57. The Morgan fingerprint density at radius 2 is 1.15 bits per heavy atom. The highest BCUT2D eigenvalue weighted by Crippen LogP contribution is 2.30. The molecule has 5 aromatic carbocycles. The van der Waals surface area contributed by atoms with E-state index in [4.69, 9.17) is 0 Å². The van der Waals surface area contributed by atoms with Crippen LogP contribution in [0.2, 0.25) is 0 Å². The van der Waals surface area contributed by atoms with E-state index in [-0.39, 0.29) is 0 Å². The summed E-state index contributed by atoms with van der Waals surface area (Å²) in [6, 6.07) is 47.8. The van der Waals surface area contributed by atoms with Gasteiger partial charge in [-0.15, -0.1) is 0 Å². The van der Waals surface area contributed by atoms with Gasteiger partial charge in [-0.2, -0.15) is 0 Å². The lowest BCUT2D eigenvalue weighted by molar-refractivity contribution is -0.659. The molecule has 0 bridgehead atoms. The van der Waals surface area contributed by atoms with Gasteiger partial charge in [0.1, 0.15) is 7.05 Å². The Hall–Kier alpha value is -4.27. The number of aromatic nitrogens is 1. The SMILES string of the molecule is CCc1cc(C)c(C)c(-c2c3ccc([Si](c4ccccc4)(c4ccccc4)c4ccccc4)cc3cc[n+]2C)c1. The van der Waals surface area contributed by atoms with Crippen molar-refractivity contribution in [1.29, 1.82) is 0 Å².